The van der Waals surface area contributed by atoms with E-state index in [1.54, 1.807) is 30.3 Å². The molecule has 0 radical (unpaired) electrons. The third kappa shape index (κ3) is 2.80. The molecule has 0 aliphatic carbocycles. The van der Waals surface area contributed by atoms with Crippen molar-refractivity contribution in [1.82, 2.24) is 4.98 Å². The third-order valence-corrected chi connectivity index (χ3v) is 3.36. The van der Waals surface area contributed by atoms with Crippen LogP contribution in [-0.4, -0.2) is 10.9 Å². The van der Waals surface area contributed by atoms with Gasteiger partial charge in [0, 0.05) is 16.9 Å². The molecule has 1 aromatic heterocycles. The van der Waals surface area contributed by atoms with Crippen LogP contribution >= 0.6 is 27.5 Å². The monoisotopic (exact) mass is 325 g/mol. The molecule has 0 unspecified atom stereocenters. The molecule has 18 heavy (non-hydrogen) atoms. The van der Waals surface area contributed by atoms with Gasteiger partial charge >= 0.3 is 0 Å². The number of benzene rings is 1. The predicted octanol–water partition coefficient (Wildman–Crippen LogP) is 3.33. The topological polar surface area (TPSA) is 68.0 Å². The van der Waals surface area contributed by atoms with E-state index in [4.69, 9.17) is 17.3 Å². The summed E-state index contributed by atoms with van der Waals surface area (Å²) in [6.07, 6.45) is 1.52. The van der Waals surface area contributed by atoms with E-state index < -0.39 is 0 Å². The van der Waals surface area contributed by atoms with E-state index in [2.05, 4.69) is 26.2 Å². The number of hydrogen-bond acceptors (Lipinski definition) is 3. The number of pyridine rings is 1. The molecule has 0 spiro atoms. The van der Waals surface area contributed by atoms with E-state index in [0.29, 0.717) is 26.6 Å². The summed E-state index contributed by atoms with van der Waals surface area (Å²) in [6, 6.07) is 8.28. The fourth-order valence-electron chi connectivity index (χ4n) is 1.38. The standard InChI is InChI=1S/C12H9BrClN3O/c13-11-8(2-1-3-9(11)15)12(18)17-10-6-7(14)4-5-16-10/h1-6H,15H2,(H,16,17,18). The minimum Gasteiger partial charge on any atom is -0.398 e. The molecule has 4 nitrogen and oxygen atoms in total. The second-order valence-corrected chi connectivity index (χ2v) is 4.75. The Bertz CT molecular complexity index is 604. The van der Waals surface area contributed by atoms with Crippen LogP contribution in [0.3, 0.4) is 0 Å². The smallest absolute Gasteiger partial charge is 0.258 e. The Morgan fingerprint density at radius 1 is 1.39 bits per heavy atom. The number of nitrogens with two attached hydrogens (primary N) is 1. The summed E-state index contributed by atoms with van der Waals surface area (Å²) in [5.41, 5.74) is 6.66. The van der Waals surface area contributed by atoms with Gasteiger partial charge < -0.3 is 11.1 Å². The number of nitrogens with one attached hydrogen (secondary N) is 1. The fraction of sp³-hybridized carbons (Fsp3) is 0. The lowest BCUT2D eigenvalue weighted by Crippen LogP contribution is -2.14. The average Bonchev–Trinajstić information content (AvgIpc) is 2.32. The molecule has 0 aliphatic rings. The van der Waals surface area contributed by atoms with Gasteiger partial charge in [0.2, 0.25) is 0 Å². The first kappa shape index (κ1) is 12.9. The number of nitrogens with zero attached hydrogens (tertiary/aromatic N) is 1. The number of hydrogen-bond donors (Lipinski definition) is 2. The van der Waals surface area contributed by atoms with Crippen molar-refractivity contribution in [2.45, 2.75) is 0 Å². The van der Waals surface area contributed by atoms with Crippen molar-refractivity contribution in [2.24, 2.45) is 0 Å². The fourth-order valence-corrected chi connectivity index (χ4v) is 1.99. The Kier molecular flexibility index (Phi) is 3.84. The molecule has 92 valence electrons. The number of carbonyl (C=O) groups excluding carboxylic acids is 1. The zero-order valence-corrected chi connectivity index (χ0v) is 11.5. The Morgan fingerprint density at radius 2 is 2.17 bits per heavy atom. The minimum atomic E-state index is -0.302. The van der Waals surface area contributed by atoms with Gasteiger partial charge in [0.25, 0.3) is 5.91 Å². The molecule has 0 saturated carbocycles. The van der Waals surface area contributed by atoms with Crippen LogP contribution in [0.25, 0.3) is 0 Å². The third-order valence-electron chi connectivity index (χ3n) is 2.24. The van der Waals surface area contributed by atoms with E-state index in [1.807, 2.05) is 0 Å². The SMILES string of the molecule is Nc1cccc(C(=O)Nc2cc(Cl)ccn2)c1Br. The highest BCUT2D eigenvalue weighted by Gasteiger charge is 2.12. The summed E-state index contributed by atoms with van der Waals surface area (Å²) in [5.74, 6) is 0.0887. The molecule has 0 fully saturated rings. The summed E-state index contributed by atoms with van der Waals surface area (Å²) in [7, 11) is 0. The van der Waals surface area contributed by atoms with Crippen molar-refractivity contribution in [3.8, 4) is 0 Å². The Labute approximate surface area is 117 Å². The highest BCUT2D eigenvalue weighted by molar-refractivity contribution is 9.10. The van der Waals surface area contributed by atoms with E-state index in [0.717, 1.165) is 0 Å². The lowest BCUT2D eigenvalue weighted by molar-refractivity contribution is 0.102. The molecule has 1 aromatic carbocycles. The maximum atomic E-state index is 12.0. The maximum absolute atomic E-state index is 12.0. The van der Waals surface area contributed by atoms with Gasteiger partial charge in [-0.25, -0.2) is 4.98 Å². The van der Waals surface area contributed by atoms with Gasteiger partial charge in [-0.15, -0.1) is 0 Å². The van der Waals surface area contributed by atoms with E-state index in [9.17, 15) is 4.79 Å². The molecule has 0 aliphatic heterocycles. The summed E-state index contributed by atoms with van der Waals surface area (Å²) >= 11 is 9.09. The summed E-state index contributed by atoms with van der Waals surface area (Å²) in [5, 5.41) is 3.15. The minimum absolute atomic E-state index is 0.302. The van der Waals surface area contributed by atoms with E-state index in [-0.39, 0.29) is 5.91 Å². The first-order valence-corrected chi connectivity index (χ1v) is 6.22. The maximum Gasteiger partial charge on any atom is 0.258 e. The second kappa shape index (κ2) is 5.37. The van der Waals surface area contributed by atoms with Crippen molar-refractivity contribution < 1.29 is 4.79 Å². The van der Waals surface area contributed by atoms with Crippen LogP contribution in [0.1, 0.15) is 10.4 Å². The number of aromatic nitrogens is 1. The molecule has 1 amide bonds. The van der Waals surface area contributed by atoms with Gasteiger partial charge in [-0.1, -0.05) is 17.7 Å². The van der Waals surface area contributed by atoms with Gasteiger partial charge in [-0.3, -0.25) is 4.79 Å². The number of anilines is 2. The number of amides is 1. The summed E-state index contributed by atoms with van der Waals surface area (Å²) in [4.78, 5) is 16.0. The van der Waals surface area contributed by atoms with Crippen LogP contribution in [0.5, 0.6) is 0 Å². The highest BCUT2D eigenvalue weighted by Crippen LogP contribution is 2.24. The van der Waals surface area contributed by atoms with Crippen molar-refractivity contribution in [2.75, 3.05) is 11.1 Å². The van der Waals surface area contributed by atoms with E-state index >= 15 is 0 Å². The number of halogens is 2. The van der Waals surface area contributed by atoms with Crippen molar-refractivity contribution in [3.63, 3.8) is 0 Å². The molecule has 2 aromatic rings. The largest absolute Gasteiger partial charge is 0.398 e. The first-order valence-electron chi connectivity index (χ1n) is 5.05. The molecule has 1 heterocycles. The molecule has 2 rings (SSSR count). The summed E-state index contributed by atoms with van der Waals surface area (Å²) < 4.78 is 0.560. The predicted molar refractivity (Wildman–Crippen MR) is 75.8 cm³/mol. The average molecular weight is 327 g/mol. The Balaban J connectivity index is 2.25. The second-order valence-electron chi connectivity index (χ2n) is 3.52. The molecule has 3 N–H and O–H groups in total. The van der Waals surface area contributed by atoms with Gasteiger partial charge in [0.05, 0.1) is 10.0 Å². The Hall–Kier alpha value is -1.59. The van der Waals surface area contributed by atoms with Crippen LogP contribution < -0.4 is 11.1 Å². The number of rotatable bonds is 2. The normalized spacial score (nSPS) is 10.1. The van der Waals surface area contributed by atoms with Crippen LogP contribution in [0, 0.1) is 0 Å². The zero-order chi connectivity index (χ0) is 13.1. The Morgan fingerprint density at radius 3 is 2.89 bits per heavy atom. The van der Waals surface area contributed by atoms with Crippen molar-refractivity contribution in [1.29, 1.82) is 0 Å². The first-order chi connectivity index (χ1) is 8.58. The van der Waals surface area contributed by atoms with Crippen LogP contribution in [-0.2, 0) is 0 Å². The lowest BCUT2D eigenvalue weighted by atomic mass is 10.2. The molecule has 0 bridgehead atoms. The van der Waals surface area contributed by atoms with Crippen LogP contribution in [0.2, 0.25) is 5.02 Å². The molecule has 0 saturated heterocycles. The van der Waals surface area contributed by atoms with E-state index in [1.165, 1.54) is 6.20 Å². The number of carbonyl (C=O) groups is 1. The summed E-state index contributed by atoms with van der Waals surface area (Å²) in [6.45, 7) is 0. The zero-order valence-electron chi connectivity index (χ0n) is 9.15. The molecule has 0 atom stereocenters. The van der Waals surface area contributed by atoms with Crippen LogP contribution in [0.15, 0.2) is 41.0 Å². The number of nitrogen functional groups attached to an aromatic ring is 1. The quantitative estimate of drug-likeness (QED) is 0.832. The van der Waals surface area contributed by atoms with Crippen molar-refractivity contribution in [3.05, 3.63) is 51.6 Å². The van der Waals surface area contributed by atoms with Gasteiger partial charge in [-0.2, -0.15) is 0 Å². The lowest BCUT2D eigenvalue weighted by Gasteiger charge is -2.07. The molecule has 6 heteroatoms. The molecular weight excluding hydrogens is 318 g/mol. The van der Waals surface area contributed by atoms with Gasteiger partial charge in [0.15, 0.2) is 0 Å². The van der Waals surface area contributed by atoms with Crippen LogP contribution in [0.4, 0.5) is 11.5 Å². The van der Waals surface area contributed by atoms with Gasteiger partial charge in [0.1, 0.15) is 5.82 Å². The highest BCUT2D eigenvalue weighted by atomic mass is 79.9. The van der Waals surface area contributed by atoms with Gasteiger partial charge in [-0.05, 0) is 40.2 Å². The van der Waals surface area contributed by atoms with Crippen molar-refractivity contribution >= 4 is 44.9 Å². The molecular formula is C12H9BrClN3O.